The minimum absolute atomic E-state index is 0.177. The van der Waals surface area contributed by atoms with E-state index < -0.39 is 0 Å². The van der Waals surface area contributed by atoms with Crippen molar-refractivity contribution in [3.8, 4) is 0 Å². The highest BCUT2D eigenvalue weighted by Crippen LogP contribution is 2.30. The number of aliphatic hydroxyl groups is 1. The second-order valence-corrected chi connectivity index (χ2v) is 6.70. The molecule has 124 valence electrons. The van der Waals surface area contributed by atoms with Crippen molar-refractivity contribution in [3.05, 3.63) is 29.6 Å². The molecule has 4 heterocycles. The number of hydrogen-bond acceptors (Lipinski definition) is 6. The number of aliphatic hydroxyl groups excluding tert-OH is 1. The van der Waals surface area contributed by atoms with Gasteiger partial charge in [0.15, 0.2) is 5.82 Å². The van der Waals surface area contributed by atoms with Crippen LogP contribution in [0.15, 0.2) is 12.4 Å². The Bertz CT molecular complexity index is 694. The van der Waals surface area contributed by atoms with Crippen molar-refractivity contribution in [1.29, 1.82) is 0 Å². The van der Waals surface area contributed by atoms with Crippen molar-refractivity contribution in [2.75, 3.05) is 20.1 Å². The van der Waals surface area contributed by atoms with Crippen LogP contribution in [0.4, 0.5) is 0 Å². The summed E-state index contributed by atoms with van der Waals surface area (Å²) in [6.07, 6.45) is 4.46. The van der Waals surface area contributed by atoms with E-state index in [1.54, 1.807) is 0 Å². The maximum absolute atomic E-state index is 9.87. The van der Waals surface area contributed by atoms with Crippen molar-refractivity contribution < 1.29 is 5.11 Å². The molecule has 0 spiro atoms. The van der Waals surface area contributed by atoms with Gasteiger partial charge < -0.3 is 9.67 Å². The lowest BCUT2D eigenvalue weighted by molar-refractivity contribution is 0.182. The Morgan fingerprint density at radius 3 is 2.83 bits per heavy atom. The lowest BCUT2D eigenvalue weighted by Crippen LogP contribution is -2.34. The van der Waals surface area contributed by atoms with Gasteiger partial charge in [-0.2, -0.15) is 5.10 Å². The monoisotopic (exact) mass is 317 g/mol. The first-order chi connectivity index (χ1) is 11.1. The van der Waals surface area contributed by atoms with Gasteiger partial charge in [-0.05, 0) is 13.5 Å². The summed E-state index contributed by atoms with van der Waals surface area (Å²) >= 11 is 0. The molecule has 0 bridgehead atoms. The number of likely N-dealkylation sites (tertiary alicyclic amines) is 1. The molecule has 0 radical (unpaired) electrons. The molecule has 2 aromatic rings. The van der Waals surface area contributed by atoms with Crippen molar-refractivity contribution in [1.82, 2.24) is 34.3 Å². The Balaban J connectivity index is 1.49. The normalized spacial score (nSPS) is 25.9. The zero-order chi connectivity index (χ0) is 16.0. The van der Waals surface area contributed by atoms with Crippen LogP contribution >= 0.6 is 0 Å². The lowest BCUT2D eigenvalue weighted by atomic mass is 10.2. The maximum Gasteiger partial charge on any atom is 0.150 e. The minimum Gasteiger partial charge on any atom is -0.392 e. The van der Waals surface area contributed by atoms with E-state index in [1.807, 2.05) is 25.0 Å². The van der Waals surface area contributed by atoms with Gasteiger partial charge in [0.25, 0.3) is 0 Å². The van der Waals surface area contributed by atoms with Crippen LogP contribution in [0.25, 0.3) is 0 Å². The molecule has 1 N–H and O–H groups in total. The Hall–Kier alpha value is -1.77. The van der Waals surface area contributed by atoms with Gasteiger partial charge >= 0.3 is 0 Å². The first-order valence-electron chi connectivity index (χ1n) is 8.10. The Kier molecular flexibility index (Phi) is 3.67. The number of aryl methyl sites for hydroxylation is 1. The van der Waals surface area contributed by atoms with Gasteiger partial charge in [0, 0.05) is 45.0 Å². The third-order valence-electron chi connectivity index (χ3n) is 4.85. The molecule has 2 aromatic heterocycles. The number of aromatic nitrogens is 5. The summed E-state index contributed by atoms with van der Waals surface area (Å²) < 4.78 is 4.07. The van der Waals surface area contributed by atoms with E-state index in [2.05, 4.69) is 35.9 Å². The largest absolute Gasteiger partial charge is 0.392 e. The van der Waals surface area contributed by atoms with Crippen LogP contribution in [0.2, 0.25) is 0 Å². The Morgan fingerprint density at radius 1 is 1.26 bits per heavy atom. The third-order valence-corrected chi connectivity index (χ3v) is 4.85. The molecule has 2 aliphatic rings. The highest BCUT2D eigenvalue weighted by atomic mass is 16.3. The van der Waals surface area contributed by atoms with Gasteiger partial charge in [-0.15, -0.1) is 10.2 Å². The summed E-state index contributed by atoms with van der Waals surface area (Å²) in [5.74, 6) is 2.02. The average Bonchev–Trinajstić information content (AvgIpc) is 3.18. The first kappa shape index (κ1) is 14.8. The molecule has 0 unspecified atom stereocenters. The van der Waals surface area contributed by atoms with Crippen LogP contribution < -0.4 is 0 Å². The van der Waals surface area contributed by atoms with Gasteiger partial charge in [-0.25, -0.2) is 0 Å². The summed E-state index contributed by atoms with van der Waals surface area (Å²) in [7, 11) is 3.98. The van der Waals surface area contributed by atoms with Crippen LogP contribution in [-0.4, -0.2) is 65.7 Å². The number of fused-ring (bicyclic) bond motifs is 1. The van der Waals surface area contributed by atoms with E-state index >= 15 is 0 Å². The fraction of sp³-hybridized carbons (Fsp3) is 0.667. The predicted molar refractivity (Wildman–Crippen MR) is 83.3 cm³/mol. The van der Waals surface area contributed by atoms with Gasteiger partial charge in [-0.3, -0.25) is 14.5 Å². The third kappa shape index (κ3) is 2.77. The van der Waals surface area contributed by atoms with Crippen molar-refractivity contribution in [3.63, 3.8) is 0 Å². The Labute approximate surface area is 135 Å². The van der Waals surface area contributed by atoms with E-state index in [-0.39, 0.29) is 12.1 Å². The molecule has 8 nitrogen and oxygen atoms in total. The molecule has 2 atom stereocenters. The second-order valence-electron chi connectivity index (χ2n) is 6.70. The molecule has 0 saturated carbocycles. The molecule has 0 amide bonds. The summed E-state index contributed by atoms with van der Waals surface area (Å²) in [6.45, 7) is 4.28. The number of likely N-dealkylation sites (N-methyl/N-ethyl adjacent to an activating group) is 1. The van der Waals surface area contributed by atoms with Crippen LogP contribution in [0.5, 0.6) is 0 Å². The van der Waals surface area contributed by atoms with Crippen LogP contribution in [0.3, 0.4) is 0 Å². The van der Waals surface area contributed by atoms with Crippen molar-refractivity contribution >= 4 is 0 Å². The number of nitrogens with zero attached hydrogens (tertiary/aromatic N) is 7. The lowest BCUT2D eigenvalue weighted by Gasteiger charge is -2.28. The number of hydrogen-bond donors (Lipinski definition) is 1. The SMILES string of the molecule is CN1C[C@H](O)C[C@H]1c1nnc2n1CCN(Cc1cnn(C)c1)C2. The molecule has 2 aliphatic heterocycles. The van der Waals surface area contributed by atoms with Crippen LogP contribution in [0, 0.1) is 0 Å². The topological polar surface area (TPSA) is 75.2 Å². The molecule has 1 saturated heterocycles. The fourth-order valence-electron chi connectivity index (χ4n) is 3.70. The smallest absolute Gasteiger partial charge is 0.150 e. The van der Waals surface area contributed by atoms with E-state index in [0.29, 0.717) is 6.54 Å². The van der Waals surface area contributed by atoms with Crippen LogP contribution in [0.1, 0.15) is 29.7 Å². The summed E-state index contributed by atoms with van der Waals surface area (Å²) in [5.41, 5.74) is 1.22. The van der Waals surface area contributed by atoms with Crippen molar-refractivity contribution in [2.45, 2.75) is 38.2 Å². The zero-order valence-corrected chi connectivity index (χ0v) is 13.6. The van der Waals surface area contributed by atoms with Gasteiger partial charge in [0.05, 0.1) is 24.9 Å². The van der Waals surface area contributed by atoms with E-state index in [1.165, 1.54) is 5.56 Å². The van der Waals surface area contributed by atoms with E-state index in [9.17, 15) is 5.11 Å². The van der Waals surface area contributed by atoms with Gasteiger partial charge in [0.2, 0.25) is 0 Å². The molecule has 0 aliphatic carbocycles. The molecular formula is C15H23N7O. The molecule has 8 heteroatoms. The minimum atomic E-state index is -0.261. The van der Waals surface area contributed by atoms with E-state index in [4.69, 9.17) is 0 Å². The number of β-amino-alcohol motifs (C(OH)–C–C–N with tert-alkyl or cyclic N) is 1. The standard InChI is InChI=1S/C15H23N7O/c1-19-9-12(23)5-13(19)15-18-17-14-10-21(3-4-22(14)15)8-11-6-16-20(2)7-11/h6-7,12-13,23H,3-5,8-10H2,1-2H3/t12-,13+/m1/s1. The fourth-order valence-corrected chi connectivity index (χ4v) is 3.70. The highest BCUT2D eigenvalue weighted by molar-refractivity contribution is 5.08. The van der Waals surface area contributed by atoms with Gasteiger partial charge in [-0.1, -0.05) is 0 Å². The highest BCUT2D eigenvalue weighted by Gasteiger charge is 2.34. The number of rotatable bonds is 3. The van der Waals surface area contributed by atoms with E-state index in [0.717, 1.165) is 44.2 Å². The van der Waals surface area contributed by atoms with Crippen LogP contribution in [-0.2, 0) is 26.7 Å². The average molecular weight is 317 g/mol. The predicted octanol–water partition coefficient (Wildman–Crippen LogP) is -0.235. The summed E-state index contributed by atoms with van der Waals surface area (Å²) in [6, 6.07) is 0.177. The summed E-state index contributed by atoms with van der Waals surface area (Å²) in [4.78, 5) is 4.54. The summed E-state index contributed by atoms with van der Waals surface area (Å²) in [5, 5.41) is 22.9. The maximum atomic E-state index is 9.87. The quantitative estimate of drug-likeness (QED) is 0.842. The molecular weight excluding hydrogens is 294 g/mol. The molecule has 0 aromatic carbocycles. The first-order valence-corrected chi connectivity index (χ1v) is 8.10. The van der Waals surface area contributed by atoms with Gasteiger partial charge in [0.1, 0.15) is 5.82 Å². The molecule has 4 rings (SSSR count). The zero-order valence-electron chi connectivity index (χ0n) is 13.6. The second kappa shape index (κ2) is 5.70. The molecule has 23 heavy (non-hydrogen) atoms. The van der Waals surface area contributed by atoms with Crippen molar-refractivity contribution in [2.24, 2.45) is 7.05 Å². The Morgan fingerprint density at radius 2 is 2.13 bits per heavy atom. The molecule has 1 fully saturated rings.